The molecule has 28 heavy (non-hydrogen) atoms. The average Bonchev–Trinajstić information content (AvgIpc) is 3.17. The van der Waals surface area contributed by atoms with E-state index in [1.54, 1.807) is 0 Å². The van der Waals surface area contributed by atoms with Crippen LogP contribution in [0, 0.1) is 20.8 Å². The minimum absolute atomic E-state index is 0.0455. The van der Waals surface area contributed by atoms with Gasteiger partial charge in [0.1, 0.15) is 0 Å². The molecule has 0 aromatic heterocycles. The summed E-state index contributed by atoms with van der Waals surface area (Å²) < 4.78 is 0. The first-order chi connectivity index (χ1) is 13.5. The summed E-state index contributed by atoms with van der Waals surface area (Å²) in [5.74, 6) is -0.0455. The van der Waals surface area contributed by atoms with Gasteiger partial charge in [0.15, 0.2) is 6.10 Å². The molecule has 0 saturated carbocycles. The van der Waals surface area contributed by atoms with Crippen molar-refractivity contribution >= 4 is 28.9 Å². The molecule has 2 nitrogen and oxygen atoms in total. The van der Waals surface area contributed by atoms with E-state index in [1.165, 1.54) is 0 Å². The second-order valence-corrected chi connectivity index (χ2v) is 7.94. The van der Waals surface area contributed by atoms with Crippen LogP contribution in [0.1, 0.15) is 45.4 Å². The van der Waals surface area contributed by atoms with Crippen LogP contribution in [-0.2, 0) is 4.84 Å². The van der Waals surface area contributed by atoms with Gasteiger partial charge in [-0.05, 0) is 48.6 Å². The lowest BCUT2D eigenvalue weighted by atomic mass is 9.81. The number of benzene rings is 3. The summed E-state index contributed by atoms with van der Waals surface area (Å²) in [5, 5.41) is 5.92. The topological polar surface area (TPSA) is 21.6 Å². The highest BCUT2D eigenvalue weighted by molar-refractivity contribution is 6.38. The molecule has 4 rings (SSSR count). The third-order valence-corrected chi connectivity index (χ3v) is 6.61. The molecule has 0 spiro atoms. The highest BCUT2D eigenvalue weighted by atomic mass is 35.5. The van der Waals surface area contributed by atoms with Gasteiger partial charge >= 0.3 is 0 Å². The molecular formula is C24H21Cl2NO. The van der Waals surface area contributed by atoms with Gasteiger partial charge in [-0.15, -0.1) is 0 Å². The van der Waals surface area contributed by atoms with E-state index in [1.807, 2.05) is 57.2 Å². The fraction of sp³-hybridized carbons (Fsp3) is 0.208. The van der Waals surface area contributed by atoms with Crippen molar-refractivity contribution in [1.82, 2.24) is 0 Å². The largest absolute Gasteiger partial charge is 0.386 e. The normalized spacial score (nSPS) is 18.7. The van der Waals surface area contributed by atoms with Gasteiger partial charge in [-0.3, -0.25) is 0 Å². The number of oxime groups is 1. The van der Waals surface area contributed by atoms with Crippen molar-refractivity contribution in [1.29, 1.82) is 0 Å². The minimum Gasteiger partial charge on any atom is -0.386 e. The predicted molar refractivity (Wildman–Crippen MR) is 117 cm³/mol. The number of rotatable bonds is 3. The van der Waals surface area contributed by atoms with Crippen LogP contribution in [0.2, 0.25) is 10.0 Å². The first-order valence-electron chi connectivity index (χ1n) is 9.29. The van der Waals surface area contributed by atoms with Crippen molar-refractivity contribution in [3.8, 4) is 0 Å². The molecule has 0 N–H and O–H groups in total. The van der Waals surface area contributed by atoms with E-state index in [2.05, 4.69) is 29.4 Å². The van der Waals surface area contributed by atoms with Gasteiger partial charge in [-0.2, -0.15) is 0 Å². The van der Waals surface area contributed by atoms with Crippen LogP contribution in [0.15, 0.2) is 65.8 Å². The molecule has 0 radical (unpaired) electrons. The molecule has 0 aliphatic carbocycles. The Morgan fingerprint density at radius 1 is 0.714 bits per heavy atom. The maximum atomic E-state index is 6.61. The van der Waals surface area contributed by atoms with E-state index < -0.39 is 0 Å². The summed E-state index contributed by atoms with van der Waals surface area (Å²) >= 11 is 13.2. The zero-order valence-corrected chi connectivity index (χ0v) is 17.6. The van der Waals surface area contributed by atoms with Gasteiger partial charge in [0.05, 0.1) is 11.6 Å². The highest BCUT2D eigenvalue weighted by Gasteiger charge is 2.39. The number of nitrogens with zero attached hydrogens (tertiary/aromatic N) is 1. The third-order valence-electron chi connectivity index (χ3n) is 5.47. The summed E-state index contributed by atoms with van der Waals surface area (Å²) in [5.41, 5.74) is 6.97. The van der Waals surface area contributed by atoms with E-state index in [9.17, 15) is 0 Å². The molecule has 3 aromatic carbocycles. The van der Waals surface area contributed by atoms with Crippen molar-refractivity contribution in [2.75, 3.05) is 0 Å². The Balaban J connectivity index is 1.90. The first-order valence-corrected chi connectivity index (χ1v) is 10.0. The Labute approximate surface area is 175 Å². The van der Waals surface area contributed by atoms with E-state index >= 15 is 0 Å². The summed E-state index contributed by atoms with van der Waals surface area (Å²) in [7, 11) is 0. The lowest BCUT2D eigenvalue weighted by Gasteiger charge is -2.23. The Morgan fingerprint density at radius 3 is 1.75 bits per heavy atom. The van der Waals surface area contributed by atoms with Crippen LogP contribution < -0.4 is 0 Å². The van der Waals surface area contributed by atoms with Crippen LogP contribution in [0.5, 0.6) is 0 Å². The van der Waals surface area contributed by atoms with Crippen molar-refractivity contribution in [2.45, 2.75) is 32.8 Å². The van der Waals surface area contributed by atoms with E-state index in [0.29, 0.717) is 10.0 Å². The number of hydrogen-bond donors (Lipinski definition) is 0. The summed E-state index contributed by atoms with van der Waals surface area (Å²) in [6.45, 7) is 5.99. The van der Waals surface area contributed by atoms with E-state index in [-0.39, 0.29) is 12.0 Å². The third kappa shape index (κ3) is 3.11. The van der Waals surface area contributed by atoms with Crippen LogP contribution in [0.3, 0.4) is 0 Å². The molecule has 142 valence electrons. The van der Waals surface area contributed by atoms with Gasteiger partial charge in [-0.1, -0.05) is 89.0 Å². The average molecular weight is 410 g/mol. The molecule has 0 bridgehead atoms. The molecule has 1 aliphatic rings. The summed E-state index contributed by atoms with van der Waals surface area (Å²) in [6, 6.07) is 20.5. The molecule has 3 aromatic rings. The lowest BCUT2D eigenvalue weighted by Crippen LogP contribution is -2.19. The van der Waals surface area contributed by atoms with E-state index in [0.717, 1.165) is 39.1 Å². The van der Waals surface area contributed by atoms with Crippen LogP contribution >= 0.6 is 23.2 Å². The second kappa shape index (κ2) is 7.62. The maximum absolute atomic E-state index is 6.61. The fourth-order valence-corrected chi connectivity index (χ4v) is 4.43. The Hall–Kier alpha value is -2.29. The summed E-state index contributed by atoms with van der Waals surface area (Å²) in [6.07, 6.45) is -0.198. The second-order valence-electron chi connectivity index (χ2n) is 7.18. The van der Waals surface area contributed by atoms with Crippen molar-refractivity contribution < 1.29 is 4.84 Å². The molecule has 0 unspecified atom stereocenters. The quantitative estimate of drug-likeness (QED) is 0.448. The van der Waals surface area contributed by atoms with Crippen LogP contribution in [0.25, 0.3) is 0 Å². The highest BCUT2D eigenvalue weighted by Crippen LogP contribution is 2.45. The van der Waals surface area contributed by atoms with Crippen molar-refractivity contribution in [2.24, 2.45) is 5.16 Å². The Morgan fingerprint density at radius 2 is 1.21 bits per heavy atom. The SMILES string of the molecule is Cc1c(Cl)c(C)c(C2=NO[C@@H](c3ccccc3)[C@@H]2c2ccccc2)c(C)c1Cl. The van der Waals surface area contributed by atoms with E-state index in [4.69, 9.17) is 28.0 Å². The molecule has 4 heteroatoms. The van der Waals surface area contributed by atoms with Crippen molar-refractivity contribution in [3.63, 3.8) is 0 Å². The zero-order chi connectivity index (χ0) is 19.8. The van der Waals surface area contributed by atoms with Crippen LogP contribution in [0.4, 0.5) is 0 Å². The molecule has 1 aliphatic heterocycles. The van der Waals surface area contributed by atoms with Gasteiger partial charge < -0.3 is 4.84 Å². The van der Waals surface area contributed by atoms with Gasteiger partial charge in [0, 0.05) is 15.6 Å². The van der Waals surface area contributed by atoms with Gasteiger partial charge in [0.2, 0.25) is 0 Å². The number of halogens is 2. The smallest absolute Gasteiger partial charge is 0.165 e. The van der Waals surface area contributed by atoms with Gasteiger partial charge in [-0.25, -0.2) is 0 Å². The first kappa shape index (κ1) is 19.0. The molecule has 2 atom stereocenters. The lowest BCUT2D eigenvalue weighted by molar-refractivity contribution is 0.0763. The fourth-order valence-electron chi connectivity index (χ4n) is 4.01. The Bertz CT molecular complexity index is 1020. The molecule has 0 saturated heterocycles. The monoisotopic (exact) mass is 409 g/mol. The number of hydrogen-bond acceptors (Lipinski definition) is 2. The molecule has 0 amide bonds. The molecular weight excluding hydrogens is 389 g/mol. The molecule has 0 fully saturated rings. The zero-order valence-electron chi connectivity index (χ0n) is 16.0. The van der Waals surface area contributed by atoms with Crippen LogP contribution in [-0.4, -0.2) is 5.71 Å². The minimum atomic E-state index is -0.198. The maximum Gasteiger partial charge on any atom is 0.165 e. The molecule has 1 heterocycles. The predicted octanol–water partition coefficient (Wildman–Crippen LogP) is 7.18. The Kier molecular flexibility index (Phi) is 5.18. The van der Waals surface area contributed by atoms with Gasteiger partial charge in [0.25, 0.3) is 0 Å². The summed E-state index contributed by atoms with van der Waals surface area (Å²) in [4.78, 5) is 5.99. The standard InChI is InChI=1S/C24H21Cl2NO/c1-14-19(15(2)22(26)16(3)21(14)25)23-20(17-10-6-4-7-11-17)24(28-27-23)18-12-8-5-9-13-18/h4-13,20,24H,1-3H3/t20-,24+/m1/s1. The van der Waals surface area contributed by atoms with Crippen molar-refractivity contribution in [3.05, 3.63) is 104 Å².